The summed E-state index contributed by atoms with van der Waals surface area (Å²) >= 11 is 0. The summed E-state index contributed by atoms with van der Waals surface area (Å²) < 4.78 is 0. The van der Waals surface area contributed by atoms with Crippen LogP contribution in [0.25, 0.3) is 0 Å². The molecule has 4 aliphatic carbocycles. The Kier molecular flexibility index (Phi) is 2.88. The first-order chi connectivity index (χ1) is 9.58. The van der Waals surface area contributed by atoms with Crippen molar-refractivity contribution in [2.45, 2.75) is 64.7 Å². The predicted molar refractivity (Wildman–Crippen MR) is 77.1 cm³/mol. The van der Waals surface area contributed by atoms with E-state index in [2.05, 4.69) is 6.92 Å². The van der Waals surface area contributed by atoms with Crippen LogP contribution in [0, 0.1) is 35.0 Å². The van der Waals surface area contributed by atoms with E-state index in [1.807, 2.05) is 0 Å². The molecule has 0 heterocycles. The third-order valence-corrected chi connectivity index (χ3v) is 7.42. The molecule has 0 radical (unpaired) electrons. The highest BCUT2D eigenvalue weighted by Gasteiger charge is 2.55. The molecule has 0 saturated heterocycles. The van der Waals surface area contributed by atoms with E-state index in [-0.39, 0.29) is 5.41 Å². The molecule has 0 aliphatic heterocycles. The van der Waals surface area contributed by atoms with Crippen molar-refractivity contribution < 1.29 is 9.59 Å². The second-order valence-electron chi connectivity index (χ2n) is 8.22. The van der Waals surface area contributed by atoms with E-state index < -0.39 is 0 Å². The fourth-order valence-electron chi connectivity index (χ4n) is 6.27. The molecule has 0 aromatic heterocycles. The summed E-state index contributed by atoms with van der Waals surface area (Å²) in [5.41, 5.74) is 0.0124. The Labute approximate surface area is 121 Å². The van der Waals surface area contributed by atoms with Crippen molar-refractivity contribution in [3.63, 3.8) is 0 Å². The van der Waals surface area contributed by atoms with Crippen LogP contribution >= 0.6 is 0 Å². The van der Waals surface area contributed by atoms with Crippen molar-refractivity contribution >= 4 is 11.6 Å². The van der Waals surface area contributed by atoms with E-state index in [0.29, 0.717) is 23.4 Å². The summed E-state index contributed by atoms with van der Waals surface area (Å²) in [7, 11) is 0. The summed E-state index contributed by atoms with van der Waals surface area (Å²) in [4.78, 5) is 24.0. The van der Waals surface area contributed by atoms with Crippen molar-refractivity contribution in [2.75, 3.05) is 0 Å². The van der Waals surface area contributed by atoms with Crippen LogP contribution in [0.3, 0.4) is 0 Å². The van der Waals surface area contributed by atoms with Gasteiger partial charge in [0.25, 0.3) is 0 Å². The fraction of sp³-hybridized carbons (Fsp3) is 0.889. The summed E-state index contributed by atoms with van der Waals surface area (Å²) in [6.45, 7) is 2.25. The second kappa shape index (κ2) is 4.42. The molecular formula is C18H26O2. The maximum Gasteiger partial charge on any atom is 0.139 e. The molecule has 4 rings (SSSR count). The average Bonchev–Trinajstić information content (AvgIpc) is 2.71. The molecule has 0 N–H and O–H groups in total. The Morgan fingerprint density at radius 3 is 2.60 bits per heavy atom. The molecule has 0 amide bonds. The van der Waals surface area contributed by atoms with E-state index >= 15 is 0 Å². The lowest BCUT2D eigenvalue weighted by Gasteiger charge is -2.53. The molecule has 0 bridgehead atoms. The molecule has 20 heavy (non-hydrogen) atoms. The van der Waals surface area contributed by atoms with Crippen molar-refractivity contribution in [3.05, 3.63) is 0 Å². The van der Waals surface area contributed by atoms with Crippen molar-refractivity contribution in [2.24, 2.45) is 35.0 Å². The zero-order valence-electron chi connectivity index (χ0n) is 12.6. The van der Waals surface area contributed by atoms with Gasteiger partial charge in [-0.05, 0) is 68.1 Å². The lowest BCUT2D eigenvalue weighted by atomic mass is 9.51. The standard InChI is InChI=1S/C18H26O2/c1-18-10-12-3-2-11-8-14(19)5-6-15(11)16(12)9-13(18)4-7-17(18)20/h11-13,15-16H,2-10H2,1H3/t11-,12+,13-,15+,16+,18-/m0/s1. The van der Waals surface area contributed by atoms with Crippen LogP contribution in [0.4, 0.5) is 0 Å². The topological polar surface area (TPSA) is 34.1 Å². The van der Waals surface area contributed by atoms with Crippen molar-refractivity contribution in [1.29, 1.82) is 0 Å². The smallest absolute Gasteiger partial charge is 0.139 e. The number of ketones is 2. The first kappa shape index (κ1) is 13.0. The van der Waals surface area contributed by atoms with Gasteiger partial charge < -0.3 is 0 Å². The minimum atomic E-state index is 0.0124. The zero-order chi connectivity index (χ0) is 13.9. The molecule has 4 aliphatic rings. The SMILES string of the molecule is C[C@]12C[C@H]3CC[C@H]4CC(=O)CC[C@H]4[C@@H]3C[C@@H]1CCC2=O. The van der Waals surface area contributed by atoms with Gasteiger partial charge >= 0.3 is 0 Å². The third-order valence-electron chi connectivity index (χ3n) is 7.42. The summed E-state index contributed by atoms with van der Waals surface area (Å²) in [6, 6.07) is 0. The monoisotopic (exact) mass is 274 g/mol. The van der Waals surface area contributed by atoms with Gasteiger partial charge in [0.05, 0.1) is 0 Å². The first-order valence-corrected chi connectivity index (χ1v) is 8.63. The Balaban J connectivity index is 1.58. The quantitative estimate of drug-likeness (QED) is 0.673. The van der Waals surface area contributed by atoms with Gasteiger partial charge in [0.15, 0.2) is 0 Å². The summed E-state index contributed by atoms with van der Waals surface area (Å²) in [5, 5.41) is 0. The summed E-state index contributed by atoms with van der Waals surface area (Å²) in [5.74, 6) is 4.76. The maximum atomic E-state index is 12.3. The lowest BCUT2D eigenvalue weighted by molar-refractivity contribution is -0.133. The van der Waals surface area contributed by atoms with E-state index in [4.69, 9.17) is 0 Å². The van der Waals surface area contributed by atoms with Crippen LogP contribution in [0.5, 0.6) is 0 Å². The number of hydrogen-bond donors (Lipinski definition) is 0. The Morgan fingerprint density at radius 2 is 1.75 bits per heavy atom. The first-order valence-electron chi connectivity index (χ1n) is 8.63. The molecule has 4 fully saturated rings. The molecule has 110 valence electrons. The number of hydrogen-bond acceptors (Lipinski definition) is 2. The highest BCUT2D eigenvalue weighted by molar-refractivity contribution is 5.87. The number of fused-ring (bicyclic) bond motifs is 4. The Morgan fingerprint density at radius 1 is 0.950 bits per heavy atom. The van der Waals surface area contributed by atoms with Crippen LogP contribution < -0.4 is 0 Å². The molecule has 0 spiro atoms. The molecule has 2 heteroatoms. The highest BCUT2D eigenvalue weighted by atomic mass is 16.1. The number of carbonyl (C=O) groups excluding carboxylic acids is 2. The molecule has 0 aromatic rings. The van der Waals surface area contributed by atoms with Gasteiger partial charge in [-0.2, -0.15) is 0 Å². The van der Waals surface area contributed by atoms with Gasteiger partial charge in [-0.25, -0.2) is 0 Å². The average molecular weight is 274 g/mol. The molecule has 2 nitrogen and oxygen atoms in total. The van der Waals surface area contributed by atoms with Gasteiger partial charge in [0.1, 0.15) is 11.6 Å². The molecule has 6 atom stereocenters. The molecule has 0 unspecified atom stereocenters. The lowest BCUT2D eigenvalue weighted by Crippen LogP contribution is -2.47. The number of rotatable bonds is 0. The van der Waals surface area contributed by atoms with Gasteiger partial charge in [-0.15, -0.1) is 0 Å². The Hall–Kier alpha value is -0.660. The van der Waals surface area contributed by atoms with Gasteiger partial charge in [-0.3, -0.25) is 9.59 Å². The van der Waals surface area contributed by atoms with E-state index in [1.165, 1.54) is 19.3 Å². The molecular weight excluding hydrogens is 248 g/mol. The normalized spacial score (nSPS) is 51.4. The largest absolute Gasteiger partial charge is 0.300 e. The number of carbonyl (C=O) groups is 2. The summed E-state index contributed by atoms with van der Waals surface area (Å²) in [6.07, 6.45) is 9.73. The molecule has 4 saturated carbocycles. The van der Waals surface area contributed by atoms with Gasteiger partial charge in [-0.1, -0.05) is 6.92 Å². The third kappa shape index (κ3) is 1.76. The van der Waals surface area contributed by atoms with E-state index in [9.17, 15) is 9.59 Å². The van der Waals surface area contributed by atoms with Gasteiger partial charge in [0, 0.05) is 24.7 Å². The minimum absolute atomic E-state index is 0.0124. The van der Waals surface area contributed by atoms with Crippen molar-refractivity contribution in [3.8, 4) is 0 Å². The predicted octanol–water partition coefficient (Wildman–Crippen LogP) is 3.78. The van der Waals surface area contributed by atoms with Crippen LogP contribution in [0.15, 0.2) is 0 Å². The zero-order valence-corrected chi connectivity index (χ0v) is 12.6. The van der Waals surface area contributed by atoms with E-state index in [0.717, 1.165) is 56.3 Å². The van der Waals surface area contributed by atoms with E-state index in [1.54, 1.807) is 0 Å². The highest BCUT2D eigenvalue weighted by Crippen LogP contribution is 2.60. The minimum Gasteiger partial charge on any atom is -0.300 e. The maximum absolute atomic E-state index is 12.3. The van der Waals surface area contributed by atoms with Gasteiger partial charge in [0.2, 0.25) is 0 Å². The van der Waals surface area contributed by atoms with Crippen molar-refractivity contribution in [1.82, 2.24) is 0 Å². The fourth-order valence-corrected chi connectivity index (χ4v) is 6.27. The number of Topliss-reactive ketones (excluding diaryl/α,β-unsaturated/α-hetero) is 2. The van der Waals surface area contributed by atoms with Crippen LogP contribution in [0.2, 0.25) is 0 Å². The molecule has 0 aromatic carbocycles. The van der Waals surface area contributed by atoms with Crippen LogP contribution in [-0.4, -0.2) is 11.6 Å². The second-order valence-corrected chi connectivity index (χ2v) is 8.22. The Bertz CT molecular complexity index is 454. The van der Waals surface area contributed by atoms with Crippen LogP contribution in [0.1, 0.15) is 64.7 Å². The van der Waals surface area contributed by atoms with Crippen LogP contribution in [-0.2, 0) is 9.59 Å².